The molecular weight excluding hydrogens is 284 g/mol. The first-order valence-electron chi connectivity index (χ1n) is 6.52. The number of allylic oxidation sites excluding steroid dienone is 1. The topological polar surface area (TPSA) is 76.0 Å². The van der Waals surface area contributed by atoms with Crippen LogP contribution in [0.25, 0.3) is 6.08 Å². The van der Waals surface area contributed by atoms with Crippen molar-refractivity contribution in [1.29, 1.82) is 0 Å². The molecule has 5 nitrogen and oxygen atoms in total. The van der Waals surface area contributed by atoms with Gasteiger partial charge in [-0.25, -0.2) is 0 Å². The molecule has 0 aliphatic rings. The molecule has 2 aromatic rings. The Labute approximate surface area is 128 Å². The lowest BCUT2D eigenvalue weighted by Crippen LogP contribution is -1.95. The van der Waals surface area contributed by atoms with Crippen molar-refractivity contribution in [2.45, 2.75) is 0 Å². The second kappa shape index (κ2) is 6.67. The van der Waals surface area contributed by atoms with Gasteiger partial charge in [-0.3, -0.25) is 4.79 Å². The second-order valence-electron chi connectivity index (χ2n) is 4.46. The number of carbonyl (C=O) groups excluding carboxylic acids is 1. The monoisotopic (exact) mass is 300 g/mol. The normalized spacial score (nSPS) is 10.6. The van der Waals surface area contributed by atoms with Crippen molar-refractivity contribution in [3.63, 3.8) is 0 Å². The van der Waals surface area contributed by atoms with Gasteiger partial charge >= 0.3 is 0 Å². The number of hydrogen-bond donors (Lipinski definition) is 2. The molecule has 0 spiro atoms. The molecule has 114 valence electrons. The highest BCUT2D eigenvalue weighted by molar-refractivity contribution is 6.07. The van der Waals surface area contributed by atoms with Crippen molar-refractivity contribution in [3.05, 3.63) is 53.6 Å². The highest BCUT2D eigenvalue weighted by atomic mass is 16.5. The summed E-state index contributed by atoms with van der Waals surface area (Å²) in [6, 6.07) is 10.1. The minimum absolute atomic E-state index is 0.0763. The smallest absolute Gasteiger partial charge is 0.203 e. The van der Waals surface area contributed by atoms with Crippen molar-refractivity contribution in [1.82, 2.24) is 0 Å². The zero-order valence-electron chi connectivity index (χ0n) is 12.2. The Balaban J connectivity index is 2.40. The van der Waals surface area contributed by atoms with E-state index in [0.29, 0.717) is 5.56 Å². The number of aromatic hydroxyl groups is 2. The van der Waals surface area contributed by atoms with Crippen LogP contribution in [0.4, 0.5) is 0 Å². The Morgan fingerprint density at radius 3 is 2.36 bits per heavy atom. The number of hydrogen-bond acceptors (Lipinski definition) is 5. The van der Waals surface area contributed by atoms with Gasteiger partial charge in [0.2, 0.25) is 5.75 Å². The quantitative estimate of drug-likeness (QED) is 0.655. The molecule has 0 amide bonds. The van der Waals surface area contributed by atoms with Gasteiger partial charge in [0.05, 0.1) is 19.8 Å². The average molecular weight is 300 g/mol. The lowest BCUT2D eigenvalue weighted by atomic mass is 10.1. The minimum atomic E-state index is -0.295. The number of ether oxygens (including phenoxy) is 2. The van der Waals surface area contributed by atoms with E-state index >= 15 is 0 Å². The van der Waals surface area contributed by atoms with E-state index in [4.69, 9.17) is 9.47 Å². The van der Waals surface area contributed by atoms with Crippen LogP contribution < -0.4 is 9.47 Å². The summed E-state index contributed by atoms with van der Waals surface area (Å²) in [5.74, 6) is -0.602. The lowest BCUT2D eigenvalue weighted by Gasteiger charge is -2.12. The predicted octanol–water partition coefficient (Wildman–Crippen LogP) is 3.01. The minimum Gasteiger partial charge on any atom is -0.504 e. The molecule has 5 heteroatoms. The lowest BCUT2D eigenvalue weighted by molar-refractivity contribution is 0.104. The van der Waals surface area contributed by atoms with Crippen LogP contribution in [0.2, 0.25) is 0 Å². The average Bonchev–Trinajstić information content (AvgIpc) is 2.54. The number of benzene rings is 2. The molecule has 0 saturated carbocycles. The van der Waals surface area contributed by atoms with Gasteiger partial charge in [0.15, 0.2) is 17.3 Å². The van der Waals surface area contributed by atoms with Crippen LogP contribution in [0.1, 0.15) is 15.9 Å². The van der Waals surface area contributed by atoms with E-state index < -0.39 is 0 Å². The molecule has 0 fully saturated rings. The van der Waals surface area contributed by atoms with E-state index in [1.165, 1.54) is 32.4 Å². The van der Waals surface area contributed by atoms with Crippen LogP contribution in [0, 0.1) is 0 Å². The maximum atomic E-state index is 12.1. The van der Waals surface area contributed by atoms with Gasteiger partial charge in [-0.15, -0.1) is 0 Å². The van der Waals surface area contributed by atoms with Crippen LogP contribution in [-0.2, 0) is 0 Å². The maximum Gasteiger partial charge on any atom is 0.203 e. The molecule has 2 rings (SSSR count). The van der Waals surface area contributed by atoms with Gasteiger partial charge in [0.25, 0.3) is 0 Å². The Hall–Kier alpha value is -2.95. The summed E-state index contributed by atoms with van der Waals surface area (Å²) >= 11 is 0. The van der Waals surface area contributed by atoms with E-state index in [0.717, 1.165) is 0 Å². The molecule has 0 radical (unpaired) electrons. The van der Waals surface area contributed by atoms with Crippen LogP contribution >= 0.6 is 0 Å². The van der Waals surface area contributed by atoms with Crippen LogP contribution in [0.15, 0.2) is 42.5 Å². The van der Waals surface area contributed by atoms with Crippen LogP contribution in [-0.4, -0.2) is 30.2 Å². The van der Waals surface area contributed by atoms with Crippen LogP contribution in [0.5, 0.6) is 23.0 Å². The van der Waals surface area contributed by atoms with E-state index in [9.17, 15) is 15.0 Å². The number of ketones is 1. The molecule has 0 saturated heterocycles. The summed E-state index contributed by atoms with van der Waals surface area (Å²) in [5.41, 5.74) is 0.782. The van der Waals surface area contributed by atoms with Crippen molar-refractivity contribution in [2.75, 3.05) is 14.2 Å². The van der Waals surface area contributed by atoms with Gasteiger partial charge in [-0.05, 0) is 12.2 Å². The Morgan fingerprint density at radius 1 is 1.09 bits per heavy atom. The zero-order chi connectivity index (χ0) is 16.1. The third-order valence-corrected chi connectivity index (χ3v) is 3.12. The molecule has 0 unspecified atom stereocenters. The van der Waals surface area contributed by atoms with E-state index in [-0.39, 0.29) is 34.3 Å². The molecule has 0 bridgehead atoms. The van der Waals surface area contributed by atoms with Gasteiger partial charge in [-0.2, -0.15) is 0 Å². The van der Waals surface area contributed by atoms with Gasteiger partial charge < -0.3 is 19.7 Å². The van der Waals surface area contributed by atoms with Crippen molar-refractivity contribution >= 4 is 11.9 Å². The third-order valence-electron chi connectivity index (χ3n) is 3.12. The first-order chi connectivity index (χ1) is 10.6. The van der Waals surface area contributed by atoms with E-state index in [2.05, 4.69) is 0 Å². The van der Waals surface area contributed by atoms with Crippen LogP contribution in [0.3, 0.4) is 0 Å². The summed E-state index contributed by atoms with van der Waals surface area (Å²) in [6.07, 6.45) is 2.74. The molecule has 0 aliphatic carbocycles. The van der Waals surface area contributed by atoms with Gasteiger partial charge in [0.1, 0.15) is 5.75 Å². The summed E-state index contributed by atoms with van der Waals surface area (Å²) < 4.78 is 10.0. The molecule has 0 atom stereocenters. The number of methoxy groups -OCH3 is 2. The Bertz CT molecular complexity index is 705. The Kier molecular flexibility index (Phi) is 4.68. The van der Waals surface area contributed by atoms with Crippen molar-refractivity contribution in [3.8, 4) is 23.0 Å². The Morgan fingerprint density at radius 2 is 1.77 bits per heavy atom. The highest BCUT2D eigenvalue weighted by Gasteiger charge is 2.17. The van der Waals surface area contributed by atoms with Gasteiger partial charge in [-0.1, -0.05) is 30.3 Å². The fraction of sp³-hybridized carbons (Fsp3) is 0.118. The SMILES string of the molecule is COc1cc(O)c(OC)c(O)c1/C=C/C(=O)c1ccccc1. The first-order valence-corrected chi connectivity index (χ1v) is 6.52. The summed E-state index contributed by atoms with van der Waals surface area (Å²) in [4.78, 5) is 12.1. The number of carbonyl (C=O) groups is 1. The molecule has 22 heavy (non-hydrogen) atoms. The largest absolute Gasteiger partial charge is 0.504 e. The van der Waals surface area contributed by atoms with Crippen molar-refractivity contribution in [2.24, 2.45) is 0 Å². The fourth-order valence-electron chi connectivity index (χ4n) is 2.02. The highest BCUT2D eigenvalue weighted by Crippen LogP contribution is 2.44. The zero-order valence-corrected chi connectivity index (χ0v) is 12.2. The molecule has 0 aromatic heterocycles. The van der Waals surface area contributed by atoms with Gasteiger partial charge in [0, 0.05) is 11.6 Å². The number of phenols is 2. The number of rotatable bonds is 5. The van der Waals surface area contributed by atoms with E-state index in [1.807, 2.05) is 6.07 Å². The summed E-state index contributed by atoms with van der Waals surface area (Å²) in [5, 5.41) is 19.9. The second-order valence-corrected chi connectivity index (χ2v) is 4.46. The first kappa shape index (κ1) is 15.4. The molecule has 0 aliphatic heterocycles. The standard InChI is InChI=1S/C17H16O5/c1-21-15-10-14(19)17(22-2)16(20)12(15)8-9-13(18)11-6-4-3-5-7-11/h3-10,19-20H,1-2H3/b9-8+. The molecular formula is C17H16O5. The fourth-order valence-corrected chi connectivity index (χ4v) is 2.02. The maximum absolute atomic E-state index is 12.1. The predicted molar refractivity (Wildman–Crippen MR) is 82.7 cm³/mol. The number of phenolic OH excluding ortho intramolecular Hbond substituents is 2. The summed E-state index contributed by atoms with van der Waals surface area (Å²) in [7, 11) is 2.72. The molecule has 2 aromatic carbocycles. The van der Waals surface area contributed by atoms with Crippen molar-refractivity contribution < 1.29 is 24.5 Å². The van der Waals surface area contributed by atoms with E-state index in [1.54, 1.807) is 24.3 Å². The third kappa shape index (κ3) is 3.03. The molecule has 2 N–H and O–H groups in total. The summed E-state index contributed by atoms with van der Waals surface area (Å²) in [6.45, 7) is 0. The molecule has 0 heterocycles.